The number of benzene rings is 9. The van der Waals surface area contributed by atoms with Gasteiger partial charge in [0, 0.05) is 16.9 Å². The molecule has 0 N–H and O–H groups in total. The summed E-state index contributed by atoms with van der Waals surface area (Å²) in [5.74, 6) is -0.291. The van der Waals surface area contributed by atoms with E-state index in [4.69, 9.17) is 0 Å². The Labute approximate surface area is 347 Å². The summed E-state index contributed by atoms with van der Waals surface area (Å²) in [6, 6.07) is 84.0. The minimum Gasteiger partial charge on any atom is -0.307 e. The molecule has 282 valence electrons. The SMILES string of the molecule is Fc1cc(-c2ccccc2)cc(-c2ccccc2)c1N(c1ccccc1)c1ccc(-c2ccc(/C=C/[Si](c3ccccc3)(c3ccccc3)c3ccccc3)cc2)cc1. The molecule has 0 aliphatic heterocycles. The molecular weight excluding hydrogens is 734 g/mol. The van der Waals surface area contributed by atoms with Crippen molar-refractivity contribution in [2.24, 2.45) is 0 Å². The predicted octanol–water partition coefficient (Wildman–Crippen LogP) is 13.0. The number of anilines is 3. The van der Waals surface area contributed by atoms with Crippen molar-refractivity contribution in [1.82, 2.24) is 0 Å². The Kier molecular flexibility index (Phi) is 10.8. The van der Waals surface area contributed by atoms with Gasteiger partial charge >= 0.3 is 0 Å². The van der Waals surface area contributed by atoms with Crippen LogP contribution in [0, 0.1) is 5.82 Å². The van der Waals surface area contributed by atoms with Crippen molar-refractivity contribution in [2.75, 3.05) is 4.90 Å². The Morgan fingerprint density at radius 3 is 1.24 bits per heavy atom. The average molecular weight is 776 g/mol. The minimum atomic E-state index is -2.52. The van der Waals surface area contributed by atoms with Gasteiger partial charge in [0.15, 0.2) is 8.07 Å². The highest BCUT2D eigenvalue weighted by Gasteiger charge is 2.36. The number of hydrogen-bond acceptors (Lipinski definition) is 1. The number of halogens is 1. The zero-order chi connectivity index (χ0) is 39.9. The van der Waals surface area contributed by atoms with Crippen molar-refractivity contribution >= 4 is 46.8 Å². The van der Waals surface area contributed by atoms with Gasteiger partial charge in [-0.3, -0.25) is 0 Å². The van der Waals surface area contributed by atoms with Crippen LogP contribution in [0.3, 0.4) is 0 Å². The first kappa shape index (κ1) is 37.3. The first-order valence-corrected chi connectivity index (χ1v) is 22.1. The Morgan fingerprint density at radius 2 is 0.746 bits per heavy atom. The van der Waals surface area contributed by atoms with Crippen molar-refractivity contribution in [2.45, 2.75) is 0 Å². The third kappa shape index (κ3) is 7.72. The maximum absolute atomic E-state index is 16.9. The number of para-hydroxylation sites is 1. The highest BCUT2D eigenvalue weighted by atomic mass is 28.3. The minimum absolute atomic E-state index is 0.291. The summed E-state index contributed by atoms with van der Waals surface area (Å²) in [4.78, 5) is 2.03. The summed E-state index contributed by atoms with van der Waals surface area (Å²) >= 11 is 0. The molecule has 0 saturated carbocycles. The Morgan fingerprint density at radius 1 is 0.356 bits per heavy atom. The van der Waals surface area contributed by atoms with Crippen LogP contribution in [0.4, 0.5) is 21.5 Å². The highest BCUT2D eigenvalue weighted by molar-refractivity contribution is 7.15. The van der Waals surface area contributed by atoms with Crippen molar-refractivity contribution in [3.05, 3.63) is 260 Å². The van der Waals surface area contributed by atoms with E-state index < -0.39 is 8.07 Å². The van der Waals surface area contributed by atoms with Crippen LogP contribution in [0.5, 0.6) is 0 Å². The molecule has 0 atom stereocenters. The van der Waals surface area contributed by atoms with Crippen molar-refractivity contribution in [3.63, 3.8) is 0 Å². The van der Waals surface area contributed by atoms with E-state index in [0.717, 1.165) is 50.3 Å². The van der Waals surface area contributed by atoms with E-state index in [2.05, 4.69) is 157 Å². The average Bonchev–Trinajstić information content (AvgIpc) is 3.32. The summed E-state index contributed by atoms with van der Waals surface area (Å²) in [6.45, 7) is 0. The Bertz CT molecular complexity index is 2680. The topological polar surface area (TPSA) is 3.24 Å². The van der Waals surface area contributed by atoms with Crippen LogP contribution in [-0.4, -0.2) is 8.07 Å². The normalized spacial score (nSPS) is 11.4. The van der Waals surface area contributed by atoms with E-state index in [0.29, 0.717) is 5.69 Å². The molecule has 0 saturated heterocycles. The molecule has 0 fully saturated rings. The van der Waals surface area contributed by atoms with Gasteiger partial charge in [0.25, 0.3) is 0 Å². The number of hydrogen-bond donors (Lipinski definition) is 0. The summed E-state index contributed by atoms with van der Waals surface area (Å²) in [5, 5.41) is 4.04. The van der Waals surface area contributed by atoms with E-state index in [-0.39, 0.29) is 5.82 Å². The quantitative estimate of drug-likeness (QED) is 0.0934. The molecule has 0 amide bonds. The molecule has 0 spiro atoms. The molecule has 59 heavy (non-hydrogen) atoms. The monoisotopic (exact) mass is 775 g/mol. The van der Waals surface area contributed by atoms with Gasteiger partial charge in [-0.1, -0.05) is 218 Å². The molecule has 3 heteroatoms. The van der Waals surface area contributed by atoms with Gasteiger partial charge in [-0.05, 0) is 85.3 Å². The fraction of sp³-hybridized carbons (Fsp3) is 0. The van der Waals surface area contributed by atoms with Crippen LogP contribution in [0.15, 0.2) is 248 Å². The first-order valence-electron chi connectivity index (χ1n) is 20.0. The van der Waals surface area contributed by atoms with Crippen molar-refractivity contribution in [1.29, 1.82) is 0 Å². The van der Waals surface area contributed by atoms with Gasteiger partial charge in [0.2, 0.25) is 0 Å². The molecule has 9 aromatic carbocycles. The summed E-state index contributed by atoms with van der Waals surface area (Å²) in [5.41, 5.74) is 11.6. The molecule has 0 heterocycles. The molecule has 0 radical (unpaired) electrons. The van der Waals surface area contributed by atoms with E-state index in [1.54, 1.807) is 6.07 Å². The number of nitrogens with zero attached hydrogens (tertiary/aromatic N) is 1. The molecule has 0 unspecified atom stereocenters. The van der Waals surface area contributed by atoms with Gasteiger partial charge in [-0.25, -0.2) is 4.39 Å². The summed E-state index contributed by atoms with van der Waals surface area (Å²) in [6.07, 6.45) is 2.30. The molecule has 9 rings (SSSR count). The Balaban J connectivity index is 1.07. The maximum Gasteiger partial charge on any atom is 0.172 e. The second-order valence-electron chi connectivity index (χ2n) is 14.7. The smallest absolute Gasteiger partial charge is 0.172 e. The van der Waals surface area contributed by atoms with Crippen LogP contribution in [0.1, 0.15) is 5.56 Å². The third-order valence-electron chi connectivity index (χ3n) is 11.1. The largest absolute Gasteiger partial charge is 0.307 e. The second kappa shape index (κ2) is 17.0. The molecule has 0 aromatic heterocycles. The maximum atomic E-state index is 16.9. The lowest BCUT2D eigenvalue weighted by Crippen LogP contribution is -2.66. The fourth-order valence-corrected chi connectivity index (χ4v) is 12.3. The van der Waals surface area contributed by atoms with Crippen LogP contribution in [0.2, 0.25) is 0 Å². The third-order valence-corrected chi connectivity index (χ3v) is 15.5. The highest BCUT2D eigenvalue weighted by Crippen LogP contribution is 2.44. The van der Waals surface area contributed by atoms with E-state index in [9.17, 15) is 0 Å². The predicted molar refractivity (Wildman–Crippen MR) is 250 cm³/mol. The summed E-state index contributed by atoms with van der Waals surface area (Å²) < 4.78 is 16.9. The standard InChI is InChI=1S/C56H42FNSi/c57-55-42-48(44-19-7-1-8-20-44)41-54(47-21-9-2-10-22-47)56(55)58(49-23-11-3-12-24-49)50-37-35-46(36-38-50)45-33-31-43(32-34-45)39-40-59(51-25-13-4-14-26-51,52-27-15-5-16-28-52)53-29-17-6-18-30-53/h1-42H/b40-39+. The first-order chi connectivity index (χ1) is 29.2. The zero-order valence-electron chi connectivity index (χ0n) is 32.6. The Hall–Kier alpha value is -7.33. The summed E-state index contributed by atoms with van der Waals surface area (Å²) in [7, 11) is -2.52. The van der Waals surface area contributed by atoms with Crippen LogP contribution in [0.25, 0.3) is 39.5 Å². The second-order valence-corrected chi connectivity index (χ2v) is 18.3. The fourth-order valence-electron chi connectivity index (χ4n) is 8.15. The van der Waals surface area contributed by atoms with Gasteiger partial charge in [0.05, 0.1) is 5.69 Å². The van der Waals surface area contributed by atoms with Gasteiger partial charge in [-0.15, -0.1) is 0 Å². The van der Waals surface area contributed by atoms with E-state index in [1.807, 2.05) is 95.9 Å². The van der Waals surface area contributed by atoms with Crippen molar-refractivity contribution in [3.8, 4) is 33.4 Å². The van der Waals surface area contributed by atoms with Crippen LogP contribution < -0.4 is 20.5 Å². The lowest BCUT2D eigenvalue weighted by atomic mass is 9.95. The van der Waals surface area contributed by atoms with Crippen molar-refractivity contribution < 1.29 is 4.39 Å². The van der Waals surface area contributed by atoms with Crippen LogP contribution in [-0.2, 0) is 0 Å². The lowest BCUT2D eigenvalue weighted by molar-refractivity contribution is 0.630. The molecule has 9 aromatic rings. The van der Waals surface area contributed by atoms with Crippen LogP contribution >= 0.6 is 0 Å². The van der Waals surface area contributed by atoms with Gasteiger partial charge < -0.3 is 4.90 Å². The lowest BCUT2D eigenvalue weighted by Gasteiger charge is -2.30. The molecule has 0 bridgehead atoms. The van der Waals surface area contributed by atoms with Gasteiger partial charge in [0.1, 0.15) is 5.82 Å². The molecule has 0 aliphatic carbocycles. The molecule has 0 aliphatic rings. The van der Waals surface area contributed by atoms with Gasteiger partial charge in [-0.2, -0.15) is 0 Å². The number of rotatable bonds is 11. The van der Waals surface area contributed by atoms with E-state index in [1.165, 1.54) is 15.6 Å². The van der Waals surface area contributed by atoms with E-state index >= 15 is 4.39 Å². The zero-order valence-corrected chi connectivity index (χ0v) is 33.6. The molecule has 1 nitrogen and oxygen atoms in total. The molecular formula is C56H42FNSi.